The summed E-state index contributed by atoms with van der Waals surface area (Å²) in [6.45, 7) is 0.628. The van der Waals surface area contributed by atoms with E-state index < -0.39 is 40.7 Å². The number of aromatic nitrogens is 1. The standard InChI is InChI=1S/C18H20N8O5S2/c19-17(25-26-21)14-10(11-2-1-3-12-15(11)24-18(20)31-12)4-5-13(16(14)33(22,29)30)32(27,28)9-6-7-23-8-9/h1-5,9,23H,6-8H2,(H2,20,24)(H3,19,21,25)(H2,22,29,30)/t9-/m1/s1. The van der Waals surface area contributed by atoms with Gasteiger partial charge in [-0.2, -0.15) is 10.5 Å². The number of primary sulfonamides is 1. The molecule has 0 unspecified atom stereocenters. The summed E-state index contributed by atoms with van der Waals surface area (Å²) in [5.74, 6) is -0.515. The van der Waals surface area contributed by atoms with Crippen molar-refractivity contribution in [2.45, 2.75) is 21.5 Å². The Morgan fingerprint density at radius 1 is 1.18 bits per heavy atom. The lowest BCUT2D eigenvalue weighted by atomic mass is 9.98. The molecular formula is C18H20N8O5S2. The molecule has 1 aromatic heterocycles. The van der Waals surface area contributed by atoms with Gasteiger partial charge in [0.1, 0.15) is 10.4 Å². The Kier molecular flexibility index (Phi) is 5.65. The van der Waals surface area contributed by atoms with Gasteiger partial charge >= 0.3 is 0 Å². The normalized spacial score (nSPS) is 17.5. The molecule has 1 saturated heterocycles. The maximum Gasteiger partial charge on any atom is 0.293 e. The molecule has 33 heavy (non-hydrogen) atoms. The zero-order valence-electron chi connectivity index (χ0n) is 17.0. The van der Waals surface area contributed by atoms with Crippen LogP contribution in [0.5, 0.6) is 0 Å². The van der Waals surface area contributed by atoms with Crippen LogP contribution in [0.4, 0.5) is 6.01 Å². The Morgan fingerprint density at radius 3 is 2.58 bits per heavy atom. The monoisotopic (exact) mass is 492 g/mol. The molecule has 4 rings (SSSR count). The molecule has 0 aliphatic carbocycles. The number of fused-ring (bicyclic) bond motifs is 1. The third kappa shape index (κ3) is 3.95. The number of para-hydroxylation sites is 1. The second-order valence-corrected chi connectivity index (χ2v) is 11.0. The summed E-state index contributed by atoms with van der Waals surface area (Å²) < 4.78 is 57.5. The minimum absolute atomic E-state index is 0.124. The average Bonchev–Trinajstić information content (AvgIpc) is 3.41. The van der Waals surface area contributed by atoms with Crippen molar-refractivity contribution < 1.29 is 21.3 Å². The first-order valence-electron chi connectivity index (χ1n) is 9.55. The van der Waals surface area contributed by atoms with Crippen molar-refractivity contribution >= 4 is 42.8 Å². The average molecular weight is 493 g/mol. The minimum Gasteiger partial charge on any atom is -0.424 e. The van der Waals surface area contributed by atoms with Crippen LogP contribution in [0.15, 0.2) is 54.9 Å². The molecule has 0 spiro atoms. The lowest BCUT2D eigenvalue weighted by Crippen LogP contribution is -2.29. The molecule has 15 heteroatoms. The number of nitrogens with one attached hydrogen (secondary N) is 2. The van der Waals surface area contributed by atoms with E-state index in [0.717, 1.165) is 0 Å². The quantitative estimate of drug-likeness (QED) is 0.139. The predicted molar refractivity (Wildman–Crippen MR) is 120 cm³/mol. The number of amidine groups is 1. The summed E-state index contributed by atoms with van der Waals surface area (Å²) in [6.07, 6.45) is 0.298. The Hall–Kier alpha value is -3.40. The van der Waals surface area contributed by atoms with Gasteiger partial charge in [-0.3, -0.25) is 0 Å². The molecule has 2 aromatic carbocycles. The van der Waals surface area contributed by atoms with E-state index in [1.54, 1.807) is 18.2 Å². The largest absolute Gasteiger partial charge is 0.424 e. The van der Waals surface area contributed by atoms with Crippen LogP contribution in [0.1, 0.15) is 12.0 Å². The van der Waals surface area contributed by atoms with Gasteiger partial charge in [-0.15, -0.1) is 5.10 Å². The zero-order chi connectivity index (χ0) is 24.0. The molecule has 174 valence electrons. The lowest BCUT2D eigenvalue weighted by Gasteiger charge is -2.19. The lowest BCUT2D eigenvalue weighted by molar-refractivity contribution is 0.574. The van der Waals surface area contributed by atoms with Crippen molar-refractivity contribution in [3.05, 3.63) is 35.9 Å². The van der Waals surface area contributed by atoms with E-state index in [-0.39, 0.29) is 29.2 Å². The summed E-state index contributed by atoms with van der Waals surface area (Å²) >= 11 is 0. The van der Waals surface area contributed by atoms with Crippen LogP contribution in [0.3, 0.4) is 0 Å². The number of nitrogen functional groups attached to an aromatic ring is 1. The van der Waals surface area contributed by atoms with E-state index in [1.807, 2.05) is 0 Å². The van der Waals surface area contributed by atoms with Gasteiger partial charge < -0.3 is 21.2 Å². The van der Waals surface area contributed by atoms with Crippen molar-refractivity contribution in [3.63, 3.8) is 0 Å². The van der Waals surface area contributed by atoms with E-state index in [4.69, 9.17) is 26.6 Å². The number of hydrogen-bond acceptors (Lipinski definition) is 10. The molecule has 3 aromatic rings. The molecule has 2 heterocycles. The summed E-state index contributed by atoms with van der Waals surface area (Å²) in [5.41, 5.74) is 19.5. The second-order valence-electron chi connectivity index (χ2n) is 7.31. The highest BCUT2D eigenvalue weighted by molar-refractivity contribution is 7.94. The third-order valence-electron chi connectivity index (χ3n) is 5.31. The second kappa shape index (κ2) is 8.18. The van der Waals surface area contributed by atoms with Crippen LogP contribution in [-0.2, 0) is 19.9 Å². The predicted octanol–water partition coefficient (Wildman–Crippen LogP) is 0.511. The van der Waals surface area contributed by atoms with E-state index in [1.165, 1.54) is 12.1 Å². The molecular weight excluding hydrogens is 472 g/mol. The van der Waals surface area contributed by atoms with Crippen LogP contribution in [-0.4, -0.2) is 46.0 Å². The van der Waals surface area contributed by atoms with Crippen LogP contribution >= 0.6 is 0 Å². The van der Waals surface area contributed by atoms with Gasteiger partial charge in [0.25, 0.3) is 6.01 Å². The molecule has 0 radical (unpaired) electrons. The summed E-state index contributed by atoms with van der Waals surface area (Å²) in [5, 5.41) is 13.9. The van der Waals surface area contributed by atoms with Crippen molar-refractivity contribution in [3.8, 4) is 11.1 Å². The number of nitrogens with two attached hydrogens (primary N) is 3. The molecule has 1 fully saturated rings. The highest BCUT2D eigenvalue weighted by Crippen LogP contribution is 2.38. The maximum absolute atomic E-state index is 13.4. The van der Waals surface area contributed by atoms with Gasteiger partial charge in [-0.05, 0) is 30.7 Å². The number of sulfone groups is 1. The Bertz CT molecular complexity index is 1510. The fourth-order valence-corrected chi connectivity index (χ4v) is 7.20. The van der Waals surface area contributed by atoms with E-state index >= 15 is 0 Å². The van der Waals surface area contributed by atoms with E-state index in [0.29, 0.717) is 24.1 Å². The van der Waals surface area contributed by atoms with Gasteiger partial charge in [0.2, 0.25) is 10.0 Å². The molecule has 1 aliphatic rings. The third-order valence-corrected chi connectivity index (χ3v) is 8.66. The van der Waals surface area contributed by atoms with Crippen LogP contribution in [0.2, 0.25) is 0 Å². The molecule has 0 amide bonds. The highest BCUT2D eigenvalue weighted by Gasteiger charge is 2.37. The SMILES string of the molecule is N=NN=C(N)c1c(-c2cccc3oc(N)nc23)ccc(S(=O)(=O)[C@@H]2CCNC2)c1S(N)(=O)=O. The van der Waals surface area contributed by atoms with Gasteiger partial charge in [0.15, 0.2) is 21.3 Å². The van der Waals surface area contributed by atoms with Gasteiger partial charge in [0, 0.05) is 17.7 Å². The summed E-state index contributed by atoms with van der Waals surface area (Å²) in [7, 11) is -8.78. The number of sulfonamides is 1. The first-order chi connectivity index (χ1) is 15.6. The summed E-state index contributed by atoms with van der Waals surface area (Å²) in [4.78, 5) is 2.89. The number of anilines is 1. The molecule has 1 atom stereocenters. The molecule has 0 saturated carbocycles. The molecule has 8 N–H and O–H groups in total. The summed E-state index contributed by atoms with van der Waals surface area (Å²) in [6, 6.07) is 7.23. The minimum atomic E-state index is -4.65. The Morgan fingerprint density at radius 2 is 1.94 bits per heavy atom. The van der Waals surface area contributed by atoms with E-state index in [2.05, 4.69) is 20.6 Å². The molecule has 0 bridgehead atoms. The van der Waals surface area contributed by atoms with Gasteiger partial charge in [0.05, 0.1) is 10.1 Å². The van der Waals surface area contributed by atoms with Crippen molar-refractivity contribution in [2.24, 2.45) is 21.2 Å². The number of hydrogen-bond donors (Lipinski definition) is 5. The zero-order valence-corrected chi connectivity index (χ0v) is 18.6. The fourth-order valence-electron chi connectivity index (χ4n) is 3.91. The first-order valence-corrected chi connectivity index (χ1v) is 12.6. The highest BCUT2D eigenvalue weighted by atomic mass is 32.2. The fraction of sp³-hybridized carbons (Fsp3) is 0.222. The smallest absolute Gasteiger partial charge is 0.293 e. The Labute approximate surface area is 188 Å². The maximum atomic E-state index is 13.4. The van der Waals surface area contributed by atoms with Crippen molar-refractivity contribution in [1.29, 1.82) is 5.53 Å². The number of benzene rings is 2. The van der Waals surface area contributed by atoms with Crippen molar-refractivity contribution in [1.82, 2.24) is 10.3 Å². The Balaban J connectivity index is 2.14. The number of oxazole rings is 1. The van der Waals surface area contributed by atoms with E-state index in [9.17, 15) is 16.8 Å². The molecule has 1 aliphatic heterocycles. The topological polar surface area (TPSA) is 233 Å². The van der Waals surface area contributed by atoms with Crippen molar-refractivity contribution in [2.75, 3.05) is 18.8 Å². The van der Waals surface area contributed by atoms with Crippen LogP contribution in [0, 0.1) is 5.53 Å². The van der Waals surface area contributed by atoms with Crippen LogP contribution < -0.4 is 21.9 Å². The van der Waals surface area contributed by atoms with Gasteiger partial charge in [-0.25, -0.2) is 22.0 Å². The molecule has 13 nitrogen and oxygen atoms in total. The van der Waals surface area contributed by atoms with Gasteiger partial charge in [-0.1, -0.05) is 23.4 Å². The number of nitrogens with zero attached hydrogens (tertiary/aromatic N) is 3. The first kappa shape index (κ1) is 22.8. The number of rotatable bonds is 6. The van der Waals surface area contributed by atoms with Crippen LogP contribution in [0.25, 0.3) is 22.2 Å².